The maximum absolute atomic E-state index is 11.1. The van der Waals surface area contributed by atoms with Gasteiger partial charge in [-0.1, -0.05) is 6.92 Å². The Balaban J connectivity index is 4.12. The Kier molecular flexibility index (Phi) is 6.28. The van der Waals surface area contributed by atoms with Gasteiger partial charge in [0.2, 0.25) is 0 Å². The molecule has 16 heavy (non-hydrogen) atoms. The van der Waals surface area contributed by atoms with Crippen LogP contribution in [0.2, 0.25) is 0 Å². The fraction of sp³-hybridized carbons (Fsp3) is 0.556. The van der Waals surface area contributed by atoms with E-state index in [2.05, 4.69) is 14.8 Å². The van der Waals surface area contributed by atoms with Crippen molar-refractivity contribution in [2.24, 2.45) is 0 Å². The smallest absolute Gasteiger partial charge is 0.344 e. The normalized spacial score (nSPS) is 10.8. The van der Waals surface area contributed by atoms with Crippen molar-refractivity contribution >= 4 is 17.8 Å². The number of carbonyl (C=O) groups is 3. The van der Waals surface area contributed by atoms with Crippen molar-refractivity contribution in [3.63, 3.8) is 0 Å². The van der Waals surface area contributed by atoms with E-state index in [1.54, 1.807) is 6.92 Å². The summed E-state index contributed by atoms with van der Waals surface area (Å²) in [5.74, 6) is -2.07. The quantitative estimate of drug-likeness (QED) is 0.500. The van der Waals surface area contributed by atoms with Gasteiger partial charge in [0.05, 0.1) is 0 Å². The van der Waals surface area contributed by atoms with Crippen LogP contribution in [0.25, 0.3) is 0 Å². The Bertz CT molecular complexity index is 320. The third kappa shape index (κ3) is 5.59. The standard InChI is InChI=1S/C9H12N2O5/c1-3-7(9(14)16-5-10)11-8(13)4-15-6(2)12/h7H,3-4H2,1-2H3,(H,11,13). The van der Waals surface area contributed by atoms with E-state index in [0.717, 1.165) is 6.92 Å². The average molecular weight is 228 g/mol. The van der Waals surface area contributed by atoms with Crippen LogP contribution in [0.1, 0.15) is 20.3 Å². The van der Waals surface area contributed by atoms with Crippen LogP contribution in [-0.2, 0) is 23.9 Å². The number of hydrogen-bond acceptors (Lipinski definition) is 6. The summed E-state index contributed by atoms with van der Waals surface area (Å²) in [5.41, 5.74) is 0. The van der Waals surface area contributed by atoms with Crippen LogP contribution in [0.4, 0.5) is 0 Å². The van der Waals surface area contributed by atoms with Crippen LogP contribution in [0.3, 0.4) is 0 Å². The predicted octanol–water partition coefficient (Wildman–Crippen LogP) is -0.531. The van der Waals surface area contributed by atoms with Gasteiger partial charge < -0.3 is 14.8 Å². The highest BCUT2D eigenvalue weighted by molar-refractivity contribution is 5.86. The zero-order valence-electron chi connectivity index (χ0n) is 8.98. The van der Waals surface area contributed by atoms with Crippen LogP contribution in [0.5, 0.6) is 0 Å². The summed E-state index contributed by atoms with van der Waals surface area (Å²) in [6.45, 7) is 2.33. The fourth-order valence-corrected chi connectivity index (χ4v) is 0.847. The molecule has 0 saturated carbocycles. The van der Waals surface area contributed by atoms with Crippen molar-refractivity contribution in [2.75, 3.05) is 6.61 Å². The summed E-state index contributed by atoms with van der Waals surface area (Å²) in [6, 6.07) is -0.914. The molecule has 0 saturated heterocycles. The maximum atomic E-state index is 11.1. The highest BCUT2D eigenvalue weighted by atomic mass is 16.5. The molecule has 0 radical (unpaired) electrons. The lowest BCUT2D eigenvalue weighted by atomic mass is 10.2. The van der Waals surface area contributed by atoms with Crippen molar-refractivity contribution in [3.8, 4) is 6.26 Å². The first-order chi connectivity index (χ1) is 7.51. The first-order valence-electron chi connectivity index (χ1n) is 4.53. The Labute approximate surface area is 92.3 Å². The molecule has 1 amide bonds. The average Bonchev–Trinajstić information content (AvgIpc) is 2.23. The lowest BCUT2D eigenvalue weighted by molar-refractivity contribution is -0.148. The molecule has 0 heterocycles. The van der Waals surface area contributed by atoms with Gasteiger partial charge in [-0.05, 0) is 6.42 Å². The maximum Gasteiger partial charge on any atom is 0.344 e. The summed E-state index contributed by atoms with van der Waals surface area (Å²) in [7, 11) is 0. The first-order valence-corrected chi connectivity index (χ1v) is 4.53. The van der Waals surface area contributed by atoms with Crippen molar-refractivity contribution in [1.29, 1.82) is 5.26 Å². The van der Waals surface area contributed by atoms with Crippen molar-refractivity contribution in [3.05, 3.63) is 0 Å². The molecule has 7 nitrogen and oxygen atoms in total. The number of esters is 2. The number of rotatable bonds is 5. The van der Waals surface area contributed by atoms with Gasteiger partial charge in [-0.15, -0.1) is 5.26 Å². The van der Waals surface area contributed by atoms with Crippen LogP contribution in [0, 0.1) is 11.5 Å². The highest BCUT2D eigenvalue weighted by Crippen LogP contribution is 1.94. The Hall–Kier alpha value is -2.10. The number of nitrogens with zero attached hydrogens (tertiary/aromatic N) is 1. The highest BCUT2D eigenvalue weighted by Gasteiger charge is 2.20. The summed E-state index contributed by atoms with van der Waals surface area (Å²) >= 11 is 0. The van der Waals surface area contributed by atoms with Gasteiger partial charge in [0.1, 0.15) is 6.04 Å². The van der Waals surface area contributed by atoms with E-state index in [1.807, 2.05) is 0 Å². The minimum Gasteiger partial charge on any atom is -0.456 e. The number of carbonyl (C=O) groups excluding carboxylic acids is 3. The zero-order chi connectivity index (χ0) is 12.6. The van der Waals surface area contributed by atoms with Gasteiger partial charge in [0.15, 0.2) is 6.61 Å². The van der Waals surface area contributed by atoms with Crippen LogP contribution in [-0.4, -0.2) is 30.5 Å². The van der Waals surface area contributed by atoms with E-state index in [0.29, 0.717) is 0 Å². The van der Waals surface area contributed by atoms with Gasteiger partial charge in [-0.25, -0.2) is 4.79 Å². The summed E-state index contributed by atoms with van der Waals surface area (Å²) in [4.78, 5) is 32.6. The Morgan fingerprint density at radius 3 is 2.50 bits per heavy atom. The van der Waals surface area contributed by atoms with Gasteiger partial charge in [-0.2, -0.15) is 0 Å². The van der Waals surface area contributed by atoms with Gasteiger partial charge >= 0.3 is 11.9 Å². The molecule has 1 N–H and O–H groups in total. The van der Waals surface area contributed by atoms with Gasteiger partial charge in [0.25, 0.3) is 12.2 Å². The molecule has 0 aliphatic rings. The molecule has 0 aliphatic carbocycles. The topological polar surface area (TPSA) is 105 Å². The second kappa shape index (κ2) is 7.23. The van der Waals surface area contributed by atoms with E-state index in [1.165, 1.54) is 6.26 Å². The van der Waals surface area contributed by atoms with Crippen LogP contribution in [0.15, 0.2) is 0 Å². The van der Waals surface area contributed by atoms with Crippen LogP contribution < -0.4 is 5.32 Å². The van der Waals surface area contributed by atoms with E-state index in [9.17, 15) is 14.4 Å². The molecule has 0 aromatic rings. The first kappa shape index (κ1) is 13.9. The minimum absolute atomic E-state index is 0.270. The van der Waals surface area contributed by atoms with Crippen LogP contribution >= 0.6 is 0 Å². The molecule has 7 heteroatoms. The molecule has 0 fully saturated rings. The molecule has 0 aromatic carbocycles. The molecule has 0 spiro atoms. The fourth-order valence-electron chi connectivity index (χ4n) is 0.847. The summed E-state index contributed by atoms with van der Waals surface area (Å²) in [5, 5.41) is 10.4. The molecule has 0 aromatic heterocycles. The van der Waals surface area contributed by atoms with E-state index in [4.69, 9.17) is 5.26 Å². The third-order valence-electron chi connectivity index (χ3n) is 1.58. The van der Waals surface area contributed by atoms with E-state index in [-0.39, 0.29) is 6.42 Å². The molecular weight excluding hydrogens is 216 g/mol. The van der Waals surface area contributed by atoms with Crippen molar-refractivity contribution in [2.45, 2.75) is 26.3 Å². The largest absolute Gasteiger partial charge is 0.456 e. The monoisotopic (exact) mass is 228 g/mol. The lowest BCUT2D eigenvalue weighted by Gasteiger charge is -2.12. The van der Waals surface area contributed by atoms with E-state index < -0.39 is 30.5 Å². The number of nitrogens with one attached hydrogen (secondary N) is 1. The SMILES string of the molecule is CCC(NC(=O)COC(C)=O)C(=O)OC#N. The number of hydrogen-bond donors (Lipinski definition) is 1. The Morgan fingerprint density at radius 1 is 1.44 bits per heavy atom. The van der Waals surface area contributed by atoms with Gasteiger partial charge in [-0.3, -0.25) is 9.59 Å². The number of amides is 1. The molecular formula is C9H12N2O5. The van der Waals surface area contributed by atoms with Crippen molar-refractivity contribution < 1.29 is 23.9 Å². The number of ether oxygens (including phenoxy) is 2. The second-order valence-electron chi connectivity index (χ2n) is 2.82. The summed E-state index contributed by atoms with van der Waals surface area (Å²) in [6.07, 6.45) is 1.49. The lowest BCUT2D eigenvalue weighted by Crippen LogP contribution is -2.42. The minimum atomic E-state index is -0.914. The van der Waals surface area contributed by atoms with Crippen molar-refractivity contribution in [1.82, 2.24) is 5.32 Å². The second-order valence-corrected chi connectivity index (χ2v) is 2.82. The zero-order valence-corrected chi connectivity index (χ0v) is 8.98. The predicted molar refractivity (Wildman–Crippen MR) is 50.6 cm³/mol. The third-order valence-corrected chi connectivity index (χ3v) is 1.58. The van der Waals surface area contributed by atoms with E-state index >= 15 is 0 Å². The molecule has 0 bridgehead atoms. The summed E-state index contributed by atoms with van der Waals surface area (Å²) < 4.78 is 8.49. The number of nitriles is 1. The van der Waals surface area contributed by atoms with Gasteiger partial charge in [0, 0.05) is 6.92 Å². The molecule has 1 unspecified atom stereocenters. The Morgan fingerprint density at radius 2 is 2.06 bits per heavy atom. The molecule has 0 aliphatic heterocycles. The molecule has 0 rings (SSSR count). The molecule has 88 valence electrons. The molecule has 1 atom stereocenters.